The number of amidine groups is 1. The minimum atomic E-state index is 0.480. The number of hydrogen-bond acceptors (Lipinski definition) is 2. The quantitative estimate of drug-likeness (QED) is 0.238. The van der Waals surface area contributed by atoms with Crippen molar-refractivity contribution in [1.29, 1.82) is 5.26 Å². The second kappa shape index (κ2) is 8.06. The normalized spacial score (nSPS) is 13.2. The lowest BCUT2D eigenvalue weighted by molar-refractivity contribution is 0.808. The molecule has 0 amide bonds. The van der Waals surface area contributed by atoms with Crippen LogP contribution in [0.5, 0.6) is 0 Å². The maximum atomic E-state index is 8.60. The molecule has 0 radical (unpaired) electrons. The van der Waals surface area contributed by atoms with Gasteiger partial charge in [0.05, 0.1) is 6.07 Å². The lowest BCUT2D eigenvalue weighted by Gasteiger charge is -1.93. The summed E-state index contributed by atoms with van der Waals surface area (Å²) in [5.74, 6) is 0.480. The van der Waals surface area contributed by atoms with Gasteiger partial charge in [0.15, 0.2) is 0 Å². The van der Waals surface area contributed by atoms with E-state index >= 15 is 0 Å². The average molecular weight is 191 g/mol. The highest BCUT2D eigenvalue weighted by Gasteiger charge is 1.87. The van der Waals surface area contributed by atoms with Crippen molar-refractivity contribution in [1.82, 2.24) is 0 Å². The van der Waals surface area contributed by atoms with Gasteiger partial charge in [0.2, 0.25) is 0 Å². The maximum absolute atomic E-state index is 8.60. The molecule has 2 N–H and O–H groups in total. The molecule has 0 aliphatic carbocycles. The molecule has 14 heavy (non-hydrogen) atoms. The molecule has 76 valence electrons. The molecule has 0 unspecified atom stereocenters. The van der Waals surface area contributed by atoms with Crippen LogP contribution in [0, 0.1) is 11.3 Å². The molecule has 0 aromatic heterocycles. The number of allylic oxidation sites excluding steroid dienone is 3. The van der Waals surface area contributed by atoms with E-state index in [1.54, 1.807) is 18.2 Å². The summed E-state index contributed by atoms with van der Waals surface area (Å²) >= 11 is 0. The van der Waals surface area contributed by atoms with Crippen LogP contribution in [0.25, 0.3) is 0 Å². The molecule has 0 saturated heterocycles. The molecule has 0 bridgehead atoms. The summed E-state index contributed by atoms with van der Waals surface area (Å²) in [5, 5.41) is 8.60. The van der Waals surface area contributed by atoms with Gasteiger partial charge in [0.25, 0.3) is 0 Å². The minimum absolute atomic E-state index is 0.480. The SMILES string of the molecule is C/C=C(C#N)\C=C/C(N)=NCCCC. The molecule has 0 aliphatic heterocycles. The molecule has 0 aromatic carbocycles. The zero-order valence-corrected chi connectivity index (χ0v) is 8.83. The van der Waals surface area contributed by atoms with Gasteiger partial charge in [0.1, 0.15) is 5.84 Å². The first-order valence-electron chi connectivity index (χ1n) is 4.79. The predicted octanol–water partition coefficient (Wildman–Crippen LogP) is 2.17. The van der Waals surface area contributed by atoms with Crippen molar-refractivity contribution in [3.8, 4) is 6.07 Å². The van der Waals surface area contributed by atoms with Crippen molar-refractivity contribution >= 4 is 5.84 Å². The Kier molecular flexibility index (Phi) is 7.16. The lowest BCUT2D eigenvalue weighted by Crippen LogP contribution is -2.08. The molecule has 0 fully saturated rings. The summed E-state index contributed by atoms with van der Waals surface area (Å²) in [4.78, 5) is 4.13. The number of unbranched alkanes of at least 4 members (excludes halogenated alkanes) is 1. The zero-order chi connectivity index (χ0) is 10.8. The minimum Gasteiger partial charge on any atom is -0.384 e. The van der Waals surface area contributed by atoms with Crippen LogP contribution in [-0.2, 0) is 0 Å². The Morgan fingerprint density at radius 3 is 2.71 bits per heavy atom. The van der Waals surface area contributed by atoms with E-state index in [-0.39, 0.29) is 0 Å². The highest BCUT2D eigenvalue weighted by atomic mass is 14.8. The second-order valence-electron chi connectivity index (χ2n) is 2.85. The van der Waals surface area contributed by atoms with E-state index in [9.17, 15) is 0 Å². The maximum Gasteiger partial charge on any atom is 0.118 e. The Morgan fingerprint density at radius 1 is 1.50 bits per heavy atom. The van der Waals surface area contributed by atoms with E-state index in [4.69, 9.17) is 11.0 Å². The molecule has 3 nitrogen and oxygen atoms in total. The van der Waals surface area contributed by atoms with Crippen molar-refractivity contribution in [3.05, 3.63) is 23.8 Å². The third-order valence-electron chi connectivity index (χ3n) is 1.68. The topological polar surface area (TPSA) is 62.2 Å². The highest BCUT2D eigenvalue weighted by molar-refractivity contribution is 5.91. The summed E-state index contributed by atoms with van der Waals surface area (Å²) in [6, 6.07) is 2.04. The average Bonchev–Trinajstić information content (AvgIpc) is 2.20. The van der Waals surface area contributed by atoms with E-state index in [0.717, 1.165) is 19.4 Å². The first kappa shape index (κ1) is 12.4. The molecule has 0 atom stereocenters. The zero-order valence-electron chi connectivity index (χ0n) is 8.83. The van der Waals surface area contributed by atoms with Gasteiger partial charge in [-0.25, -0.2) is 0 Å². The molecule has 0 saturated carbocycles. The smallest absolute Gasteiger partial charge is 0.118 e. The van der Waals surface area contributed by atoms with Crippen LogP contribution in [0.4, 0.5) is 0 Å². The number of hydrogen-bond donors (Lipinski definition) is 1. The van der Waals surface area contributed by atoms with Gasteiger partial charge < -0.3 is 5.73 Å². The predicted molar refractivity (Wildman–Crippen MR) is 59.9 cm³/mol. The Labute approximate surface area is 85.6 Å². The molecule has 0 rings (SSSR count). The van der Waals surface area contributed by atoms with Gasteiger partial charge in [-0.05, 0) is 25.5 Å². The number of rotatable bonds is 5. The molecule has 0 aliphatic rings. The Bertz CT molecular complexity index is 279. The van der Waals surface area contributed by atoms with E-state index in [2.05, 4.69) is 11.9 Å². The Hall–Kier alpha value is -1.56. The summed E-state index contributed by atoms with van der Waals surface area (Å²) in [6.45, 7) is 4.67. The van der Waals surface area contributed by atoms with Gasteiger partial charge in [0, 0.05) is 12.1 Å². The fourth-order valence-corrected chi connectivity index (χ4v) is 0.792. The van der Waals surface area contributed by atoms with Crippen LogP contribution in [0.1, 0.15) is 26.7 Å². The number of nitrogens with two attached hydrogens (primary N) is 1. The van der Waals surface area contributed by atoms with Crippen LogP contribution in [0.2, 0.25) is 0 Å². The van der Waals surface area contributed by atoms with Gasteiger partial charge in [-0.3, -0.25) is 4.99 Å². The van der Waals surface area contributed by atoms with Crippen molar-refractivity contribution in [2.45, 2.75) is 26.7 Å². The van der Waals surface area contributed by atoms with E-state index in [0.29, 0.717) is 11.4 Å². The molecular formula is C11H17N3. The molecule has 3 heteroatoms. The highest BCUT2D eigenvalue weighted by Crippen LogP contribution is 1.94. The molecule has 0 aromatic rings. The molecule has 0 heterocycles. The van der Waals surface area contributed by atoms with Crippen LogP contribution >= 0.6 is 0 Å². The fourth-order valence-electron chi connectivity index (χ4n) is 0.792. The van der Waals surface area contributed by atoms with Crippen molar-refractivity contribution in [3.63, 3.8) is 0 Å². The van der Waals surface area contributed by atoms with Gasteiger partial charge in [-0.1, -0.05) is 19.4 Å². The number of aliphatic imine (C=N–C) groups is 1. The lowest BCUT2D eigenvalue weighted by atomic mass is 10.2. The number of nitriles is 1. The fraction of sp³-hybridized carbons (Fsp3) is 0.455. The van der Waals surface area contributed by atoms with Crippen LogP contribution in [0.3, 0.4) is 0 Å². The second-order valence-corrected chi connectivity index (χ2v) is 2.85. The summed E-state index contributed by atoms with van der Waals surface area (Å²) in [7, 11) is 0. The van der Waals surface area contributed by atoms with E-state index in [1.165, 1.54) is 0 Å². The Morgan fingerprint density at radius 2 is 2.21 bits per heavy atom. The van der Waals surface area contributed by atoms with E-state index in [1.807, 2.05) is 13.0 Å². The van der Waals surface area contributed by atoms with Crippen LogP contribution < -0.4 is 5.73 Å². The van der Waals surface area contributed by atoms with E-state index < -0.39 is 0 Å². The molecular weight excluding hydrogens is 174 g/mol. The van der Waals surface area contributed by atoms with Crippen molar-refractivity contribution in [2.75, 3.05) is 6.54 Å². The van der Waals surface area contributed by atoms with Crippen molar-refractivity contribution < 1.29 is 0 Å². The summed E-state index contributed by atoms with van der Waals surface area (Å²) in [6.07, 6.45) is 7.22. The summed E-state index contributed by atoms with van der Waals surface area (Å²) < 4.78 is 0. The molecule has 0 spiro atoms. The van der Waals surface area contributed by atoms with Gasteiger partial charge in [-0.15, -0.1) is 0 Å². The monoisotopic (exact) mass is 191 g/mol. The van der Waals surface area contributed by atoms with Gasteiger partial charge in [-0.2, -0.15) is 5.26 Å². The Balaban J connectivity index is 4.11. The standard InChI is InChI=1S/C11H17N3/c1-3-5-8-14-11(13)7-6-10(4-2)9-12/h4,6-7H,3,5,8H2,1-2H3,(H2,13,14)/b7-6-,10-4+. The number of nitrogens with zero attached hydrogens (tertiary/aromatic N) is 2. The third-order valence-corrected chi connectivity index (χ3v) is 1.68. The first-order valence-corrected chi connectivity index (χ1v) is 4.79. The summed E-state index contributed by atoms with van der Waals surface area (Å²) in [5.41, 5.74) is 6.19. The van der Waals surface area contributed by atoms with Crippen LogP contribution in [-0.4, -0.2) is 12.4 Å². The third kappa shape index (κ3) is 6.01. The van der Waals surface area contributed by atoms with Crippen molar-refractivity contribution in [2.24, 2.45) is 10.7 Å². The first-order chi connectivity index (χ1) is 6.74. The van der Waals surface area contributed by atoms with Gasteiger partial charge >= 0.3 is 0 Å². The van der Waals surface area contributed by atoms with Crippen LogP contribution in [0.15, 0.2) is 28.8 Å². The largest absolute Gasteiger partial charge is 0.384 e.